The number of nitrogens with zero attached hydrogens (tertiary/aromatic N) is 1. The summed E-state index contributed by atoms with van der Waals surface area (Å²) in [6.07, 6.45) is 0.337. The number of thioether (sulfide) groups is 1. The second-order valence-corrected chi connectivity index (χ2v) is 8.76. The zero-order valence-corrected chi connectivity index (χ0v) is 20.2. The average molecular weight is 481 g/mol. The van der Waals surface area contributed by atoms with Crippen LogP contribution in [0, 0.1) is 5.82 Å². The third-order valence-electron chi connectivity index (χ3n) is 5.47. The second kappa shape index (κ2) is 12.8. The van der Waals surface area contributed by atoms with Crippen LogP contribution < -0.4 is 10.1 Å². The van der Waals surface area contributed by atoms with Crippen LogP contribution in [-0.2, 0) is 28.3 Å². The molecule has 178 valence electrons. The zero-order valence-electron chi connectivity index (χ0n) is 19.4. The van der Waals surface area contributed by atoms with E-state index >= 15 is 0 Å². The largest absolute Gasteiger partial charge is 0.497 e. The van der Waals surface area contributed by atoms with Crippen LogP contribution in [0.25, 0.3) is 0 Å². The quantitative estimate of drug-likeness (QED) is 0.441. The predicted octanol–water partition coefficient (Wildman–Crippen LogP) is 4.45. The number of hydrogen-bond acceptors (Lipinski definition) is 4. The molecule has 2 amide bonds. The Morgan fingerprint density at radius 2 is 1.65 bits per heavy atom. The van der Waals surface area contributed by atoms with E-state index in [1.165, 1.54) is 22.7 Å². The smallest absolute Gasteiger partial charge is 0.242 e. The molecule has 3 aromatic rings. The van der Waals surface area contributed by atoms with Crippen molar-refractivity contribution in [1.82, 2.24) is 10.2 Å². The van der Waals surface area contributed by atoms with Crippen LogP contribution in [0.1, 0.15) is 16.7 Å². The molecule has 3 rings (SSSR count). The van der Waals surface area contributed by atoms with E-state index < -0.39 is 11.9 Å². The van der Waals surface area contributed by atoms with Gasteiger partial charge in [0.1, 0.15) is 17.6 Å². The van der Waals surface area contributed by atoms with Crippen LogP contribution in [0.15, 0.2) is 78.9 Å². The lowest BCUT2D eigenvalue weighted by atomic mass is 10.0. The maximum Gasteiger partial charge on any atom is 0.242 e. The number of nitrogens with one attached hydrogen (secondary N) is 1. The summed E-state index contributed by atoms with van der Waals surface area (Å²) in [7, 11) is 3.16. The van der Waals surface area contributed by atoms with Crippen LogP contribution >= 0.6 is 11.8 Å². The van der Waals surface area contributed by atoms with E-state index in [0.717, 1.165) is 16.9 Å². The molecule has 0 saturated carbocycles. The van der Waals surface area contributed by atoms with Gasteiger partial charge < -0.3 is 15.0 Å². The van der Waals surface area contributed by atoms with Crippen LogP contribution in [0.4, 0.5) is 4.39 Å². The number of benzene rings is 3. The first-order valence-corrected chi connectivity index (χ1v) is 12.2. The van der Waals surface area contributed by atoms with E-state index in [1.807, 2.05) is 54.6 Å². The Hall–Kier alpha value is -3.32. The van der Waals surface area contributed by atoms with Crippen molar-refractivity contribution in [2.24, 2.45) is 0 Å². The van der Waals surface area contributed by atoms with Gasteiger partial charge in [0, 0.05) is 31.3 Å². The summed E-state index contributed by atoms with van der Waals surface area (Å²) in [4.78, 5) is 27.8. The lowest BCUT2D eigenvalue weighted by Crippen LogP contribution is -2.50. The maximum atomic E-state index is 14.5. The van der Waals surface area contributed by atoms with Crippen LogP contribution in [0.3, 0.4) is 0 Å². The van der Waals surface area contributed by atoms with Crippen molar-refractivity contribution < 1.29 is 18.7 Å². The molecular weight excluding hydrogens is 451 g/mol. The molecule has 0 saturated heterocycles. The fraction of sp³-hybridized carbons (Fsp3) is 0.259. The van der Waals surface area contributed by atoms with Crippen LogP contribution in [0.5, 0.6) is 5.75 Å². The fourth-order valence-corrected chi connectivity index (χ4v) is 4.46. The highest BCUT2D eigenvalue weighted by Crippen LogP contribution is 2.20. The number of carbonyl (C=O) groups excluding carboxylic acids is 2. The molecule has 34 heavy (non-hydrogen) atoms. The van der Waals surface area contributed by atoms with E-state index in [2.05, 4.69) is 5.32 Å². The van der Waals surface area contributed by atoms with Gasteiger partial charge in [-0.1, -0.05) is 60.7 Å². The molecule has 5 nitrogen and oxygen atoms in total. The number of likely N-dealkylation sites (N-methyl/N-ethyl adjacent to an activating group) is 1. The Bertz CT molecular complexity index is 1080. The molecule has 0 spiro atoms. The zero-order chi connectivity index (χ0) is 24.3. The molecule has 3 aromatic carbocycles. The monoisotopic (exact) mass is 480 g/mol. The van der Waals surface area contributed by atoms with Gasteiger partial charge in [-0.15, -0.1) is 11.8 Å². The molecule has 1 unspecified atom stereocenters. The van der Waals surface area contributed by atoms with Crippen molar-refractivity contribution >= 4 is 23.6 Å². The Labute approximate surface area is 204 Å². The average Bonchev–Trinajstić information content (AvgIpc) is 2.87. The fourth-order valence-electron chi connectivity index (χ4n) is 3.59. The lowest BCUT2D eigenvalue weighted by Gasteiger charge is -2.31. The highest BCUT2D eigenvalue weighted by molar-refractivity contribution is 7.99. The standard InChI is InChI=1S/C27H29FN2O3S/c1-29-27(32)25(16-20-8-4-3-5-9-20)30(17-22-10-6-7-11-24(22)28)26(31)19-34-18-21-12-14-23(33-2)15-13-21/h3-15,25H,16-19H2,1-2H3,(H,29,32). The Morgan fingerprint density at radius 1 is 0.971 bits per heavy atom. The highest BCUT2D eigenvalue weighted by atomic mass is 32.2. The third-order valence-corrected chi connectivity index (χ3v) is 6.46. The van der Waals surface area contributed by atoms with Crippen LogP contribution in [0.2, 0.25) is 0 Å². The summed E-state index contributed by atoms with van der Waals surface area (Å²) in [6.45, 7) is 0.0134. The Balaban J connectivity index is 1.79. The molecule has 1 N–H and O–H groups in total. The van der Waals surface area contributed by atoms with Crippen molar-refractivity contribution in [2.45, 2.75) is 24.8 Å². The number of ether oxygens (including phenoxy) is 1. The number of rotatable bonds is 11. The summed E-state index contributed by atoms with van der Waals surface area (Å²) < 4.78 is 19.6. The molecule has 1 atom stereocenters. The van der Waals surface area contributed by atoms with Gasteiger partial charge in [-0.05, 0) is 29.3 Å². The van der Waals surface area contributed by atoms with Crippen molar-refractivity contribution in [1.29, 1.82) is 0 Å². The number of methoxy groups -OCH3 is 1. The van der Waals surface area contributed by atoms with Crippen molar-refractivity contribution in [3.8, 4) is 5.75 Å². The number of amides is 2. The van der Waals surface area contributed by atoms with Crippen molar-refractivity contribution in [3.05, 3.63) is 101 Å². The molecule has 0 aromatic heterocycles. The van der Waals surface area contributed by atoms with E-state index in [9.17, 15) is 14.0 Å². The summed E-state index contributed by atoms with van der Waals surface area (Å²) in [5.41, 5.74) is 2.36. The molecular formula is C27H29FN2O3S. The van der Waals surface area contributed by atoms with Gasteiger partial charge in [-0.2, -0.15) is 0 Å². The van der Waals surface area contributed by atoms with Gasteiger partial charge in [0.15, 0.2) is 0 Å². The third kappa shape index (κ3) is 7.09. The van der Waals surface area contributed by atoms with Crippen molar-refractivity contribution in [3.63, 3.8) is 0 Å². The minimum atomic E-state index is -0.763. The number of hydrogen-bond donors (Lipinski definition) is 1. The maximum absolute atomic E-state index is 14.5. The van der Waals surface area contributed by atoms with Gasteiger partial charge >= 0.3 is 0 Å². The van der Waals surface area contributed by atoms with Gasteiger partial charge in [0.05, 0.1) is 12.9 Å². The summed E-state index contributed by atoms with van der Waals surface area (Å²) in [6, 6.07) is 22.8. The highest BCUT2D eigenvalue weighted by Gasteiger charge is 2.30. The molecule has 0 aliphatic rings. The van der Waals surface area contributed by atoms with Crippen LogP contribution in [-0.4, -0.2) is 42.7 Å². The second-order valence-electron chi connectivity index (χ2n) is 7.77. The van der Waals surface area contributed by atoms with E-state index in [-0.39, 0.29) is 24.1 Å². The topological polar surface area (TPSA) is 58.6 Å². The van der Waals surface area contributed by atoms with E-state index in [0.29, 0.717) is 17.7 Å². The number of carbonyl (C=O) groups is 2. The van der Waals surface area contributed by atoms with Gasteiger partial charge in [-0.3, -0.25) is 9.59 Å². The molecule has 0 radical (unpaired) electrons. The summed E-state index contributed by atoms with van der Waals surface area (Å²) in [5, 5.41) is 2.67. The first-order chi connectivity index (χ1) is 16.5. The lowest BCUT2D eigenvalue weighted by molar-refractivity contribution is -0.139. The molecule has 0 bridgehead atoms. The Kier molecular flexibility index (Phi) is 9.52. The normalized spacial score (nSPS) is 11.5. The number of halogens is 1. The Morgan fingerprint density at radius 3 is 2.29 bits per heavy atom. The summed E-state index contributed by atoms with van der Waals surface area (Å²) in [5.74, 6) is 0.673. The molecule has 7 heteroatoms. The molecule has 0 aliphatic heterocycles. The molecule has 0 aliphatic carbocycles. The van der Waals surface area contributed by atoms with Gasteiger partial charge in [0.2, 0.25) is 11.8 Å². The predicted molar refractivity (Wildman–Crippen MR) is 134 cm³/mol. The van der Waals surface area contributed by atoms with Gasteiger partial charge in [0.25, 0.3) is 0 Å². The molecule has 0 heterocycles. The first kappa shape index (κ1) is 25.3. The summed E-state index contributed by atoms with van der Waals surface area (Å²) >= 11 is 1.46. The van der Waals surface area contributed by atoms with E-state index in [1.54, 1.807) is 32.4 Å². The minimum Gasteiger partial charge on any atom is -0.497 e. The first-order valence-electron chi connectivity index (χ1n) is 11.0. The molecule has 0 fully saturated rings. The van der Waals surface area contributed by atoms with Gasteiger partial charge in [-0.25, -0.2) is 4.39 Å². The van der Waals surface area contributed by atoms with Crippen molar-refractivity contribution in [2.75, 3.05) is 19.9 Å². The van der Waals surface area contributed by atoms with E-state index in [4.69, 9.17) is 4.74 Å². The SMILES string of the molecule is CNC(=O)C(Cc1ccccc1)N(Cc1ccccc1F)C(=O)CSCc1ccc(OC)cc1. The minimum absolute atomic E-state index is 0.0134.